The van der Waals surface area contributed by atoms with E-state index in [0.29, 0.717) is 6.04 Å². The van der Waals surface area contributed by atoms with Gasteiger partial charge in [-0.05, 0) is 43.3 Å². The van der Waals surface area contributed by atoms with Gasteiger partial charge in [0.15, 0.2) is 0 Å². The topological polar surface area (TPSA) is 58.9 Å². The summed E-state index contributed by atoms with van der Waals surface area (Å²) in [5, 5.41) is 14.6. The van der Waals surface area contributed by atoms with Crippen LogP contribution in [-0.4, -0.2) is 50.8 Å². The molecule has 0 spiro atoms. The van der Waals surface area contributed by atoms with Gasteiger partial charge < -0.3 is 10.2 Å². The molecule has 1 unspecified atom stereocenters. The first-order chi connectivity index (χ1) is 7.75. The number of hydrogen-bond acceptors (Lipinski definition) is 5. The summed E-state index contributed by atoms with van der Waals surface area (Å²) in [5.74, 6) is 0.740. The van der Waals surface area contributed by atoms with Crippen molar-refractivity contribution in [2.24, 2.45) is 7.05 Å². The number of hydrogen-bond donors (Lipinski definition) is 1. The minimum Gasteiger partial charge on any atom is -0.349 e. The van der Waals surface area contributed by atoms with Crippen LogP contribution in [0.1, 0.15) is 26.2 Å². The molecule has 2 rings (SSSR count). The zero-order valence-electron chi connectivity index (χ0n) is 10.1. The fourth-order valence-corrected chi connectivity index (χ4v) is 2.15. The van der Waals surface area contributed by atoms with Crippen LogP contribution in [0.15, 0.2) is 0 Å². The third-order valence-electron chi connectivity index (χ3n) is 2.98. The van der Waals surface area contributed by atoms with E-state index in [1.165, 1.54) is 32.4 Å². The van der Waals surface area contributed by atoms with Crippen molar-refractivity contribution in [1.29, 1.82) is 0 Å². The van der Waals surface area contributed by atoms with E-state index >= 15 is 0 Å². The third kappa shape index (κ3) is 2.91. The predicted octanol–water partition coefficient (Wildman–Crippen LogP) is 0.496. The number of likely N-dealkylation sites (tertiary alicyclic amines) is 1. The van der Waals surface area contributed by atoms with E-state index in [-0.39, 0.29) is 0 Å². The average molecular weight is 224 g/mol. The third-order valence-corrected chi connectivity index (χ3v) is 2.98. The molecule has 6 heteroatoms. The Morgan fingerprint density at radius 3 is 2.69 bits per heavy atom. The quantitative estimate of drug-likeness (QED) is 0.807. The lowest BCUT2D eigenvalue weighted by molar-refractivity contribution is 0.223. The van der Waals surface area contributed by atoms with E-state index in [2.05, 4.69) is 32.7 Å². The molecule has 0 aliphatic carbocycles. The molecule has 0 saturated carbocycles. The van der Waals surface area contributed by atoms with E-state index in [1.807, 2.05) is 7.05 Å². The molecule has 90 valence electrons. The van der Waals surface area contributed by atoms with Gasteiger partial charge in [0.05, 0.1) is 0 Å². The van der Waals surface area contributed by atoms with Gasteiger partial charge in [-0.2, -0.15) is 0 Å². The maximum absolute atomic E-state index is 3.92. The molecule has 0 amide bonds. The average Bonchev–Trinajstić information content (AvgIpc) is 2.66. The minimum absolute atomic E-state index is 0.378. The second-order valence-electron chi connectivity index (χ2n) is 4.53. The summed E-state index contributed by atoms with van der Waals surface area (Å²) in [4.78, 5) is 2.50. The Hall–Kier alpha value is -1.17. The van der Waals surface area contributed by atoms with Crippen LogP contribution in [0.25, 0.3) is 0 Å². The molecule has 1 N–H and O–H groups in total. The molecule has 16 heavy (non-hydrogen) atoms. The first-order valence-corrected chi connectivity index (χ1v) is 5.97. The molecule has 0 aromatic carbocycles. The fraction of sp³-hybridized carbons (Fsp3) is 0.900. The normalized spacial score (nSPS) is 19.6. The Kier molecular flexibility index (Phi) is 3.71. The first kappa shape index (κ1) is 11.3. The summed E-state index contributed by atoms with van der Waals surface area (Å²) in [6.07, 6.45) is 4.04. The van der Waals surface area contributed by atoms with Gasteiger partial charge in [0.1, 0.15) is 0 Å². The highest BCUT2D eigenvalue weighted by atomic mass is 15.6. The van der Waals surface area contributed by atoms with Crippen molar-refractivity contribution in [3.63, 3.8) is 0 Å². The van der Waals surface area contributed by atoms with Gasteiger partial charge in [-0.25, -0.2) is 4.68 Å². The largest absolute Gasteiger partial charge is 0.349 e. The van der Waals surface area contributed by atoms with E-state index in [1.54, 1.807) is 4.68 Å². The van der Waals surface area contributed by atoms with Gasteiger partial charge in [0.25, 0.3) is 0 Å². The van der Waals surface area contributed by atoms with Gasteiger partial charge in [0.2, 0.25) is 5.95 Å². The van der Waals surface area contributed by atoms with E-state index in [0.717, 1.165) is 12.5 Å². The SMILES string of the molecule is CC(CN1CCCCC1)Nc1nnnn1C. The van der Waals surface area contributed by atoms with Crippen LogP contribution in [0.3, 0.4) is 0 Å². The van der Waals surface area contributed by atoms with Gasteiger partial charge >= 0.3 is 0 Å². The molecule has 0 bridgehead atoms. The molecule has 1 saturated heterocycles. The van der Waals surface area contributed by atoms with Gasteiger partial charge in [-0.3, -0.25) is 0 Å². The number of anilines is 1. The molecule has 1 aliphatic heterocycles. The maximum atomic E-state index is 3.92. The molecule has 1 atom stereocenters. The lowest BCUT2D eigenvalue weighted by Gasteiger charge is -2.29. The Labute approximate surface area is 96.0 Å². The van der Waals surface area contributed by atoms with Crippen molar-refractivity contribution in [2.75, 3.05) is 25.0 Å². The van der Waals surface area contributed by atoms with Crippen molar-refractivity contribution < 1.29 is 0 Å². The molecular weight excluding hydrogens is 204 g/mol. The molecule has 1 aliphatic rings. The number of rotatable bonds is 4. The van der Waals surface area contributed by atoms with Crippen LogP contribution < -0.4 is 5.32 Å². The Morgan fingerprint density at radius 1 is 1.31 bits per heavy atom. The second-order valence-corrected chi connectivity index (χ2v) is 4.53. The van der Waals surface area contributed by atoms with Crippen molar-refractivity contribution in [3.05, 3.63) is 0 Å². The summed E-state index contributed by atoms with van der Waals surface area (Å²) in [5.41, 5.74) is 0. The van der Waals surface area contributed by atoms with Crippen molar-refractivity contribution >= 4 is 5.95 Å². The minimum atomic E-state index is 0.378. The van der Waals surface area contributed by atoms with E-state index < -0.39 is 0 Å². The van der Waals surface area contributed by atoms with Crippen LogP contribution in [0.2, 0.25) is 0 Å². The zero-order valence-corrected chi connectivity index (χ0v) is 10.1. The number of aromatic nitrogens is 4. The highest BCUT2D eigenvalue weighted by Crippen LogP contribution is 2.10. The predicted molar refractivity (Wildman–Crippen MR) is 62.2 cm³/mol. The summed E-state index contributed by atoms with van der Waals surface area (Å²) >= 11 is 0. The molecule has 0 radical (unpaired) electrons. The molecule has 1 fully saturated rings. The number of tetrazole rings is 1. The number of piperidine rings is 1. The summed E-state index contributed by atoms with van der Waals surface area (Å²) in [6, 6.07) is 0.378. The Balaban J connectivity index is 1.79. The molecule has 1 aromatic heterocycles. The molecule has 1 aromatic rings. The van der Waals surface area contributed by atoms with Gasteiger partial charge in [0, 0.05) is 19.6 Å². The zero-order chi connectivity index (χ0) is 11.4. The van der Waals surface area contributed by atoms with Crippen molar-refractivity contribution in [3.8, 4) is 0 Å². The maximum Gasteiger partial charge on any atom is 0.242 e. The molecule has 2 heterocycles. The number of aryl methyl sites for hydroxylation is 1. The van der Waals surface area contributed by atoms with Crippen LogP contribution in [0.5, 0.6) is 0 Å². The fourth-order valence-electron chi connectivity index (χ4n) is 2.15. The van der Waals surface area contributed by atoms with Crippen molar-refractivity contribution in [1.82, 2.24) is 25.1 Å². The summed E-state index contributed by atoms with van der Waals surface area (Å²) in [7, 11) is 1.84. The van der Waals surface area contributed by atoms with Crippen LogP contribution in [-0.2, 0) is 7.05 Å². The monoisotopic (exact) mass is 224 g/mol. The summed E-state index contributed by atoms with van der Waals surface area (Å²) < 4.78 is 1.66. The highest BCUT2D eigenvalue weighted by Gasteiger charge is 2.14. The van der Waals surface area contributed by atoms with Gasteiger partial charge in [-0.1, -0.05) is 11.5 Å². The molecule has 6 nitrogen and oxygen atoms in total. The Bertz CT molecular complexity index is 317. The van der Waals surface area contributed by atoms with Crippen LogP contribution in [0, 0.1) is 0 Å². The van der Waals surface area contributed by atoms with Crippen molar-refractivity contribution in [2.45, 2.75) is 32.2 Å². The lowest BCUT2D eigenvalue weighted by atomic mass is 10.1. The van der Waals surface area contributed by atoms with Crippen LogP contribution >= 0.6 is 0 Å². The van der Waals surface area contributed by atoms with E-state index in [4.69, 9.17) is 0 Å². The molecular formula is C10H20N6. The number of nitrogens with one attached hydrogen (secondary N) is 1. The van der Waals surface area contributed by atoms with E-state index in [9.17, 15) is 0 Å². The number of nitrogens with zero attached hydrogens (tertiary/aromatic N) is 5. The summed E-state index contributed by atoms with van der Waals surface area (Å²) in [6.45, 7) is 5.68. The van der Waals surface area contributed by atoms with Gasteiger partial charge in [-0.15, -0.1) is 0 Å². The smallest absolute Gasteiger partial charge is 0.242 e. The van der Waals surface area contributed by atoms with Crippen LogP contribution in [0.4, 0.5) is 5.95 Å². The Morgan fingerprint density at radius 2 is 2.06 bits per heavy atom. The highest BCUT2D eigenvalue weighted by molar-refractivity contribution is 5.22. The standard InChI is InChI=1S/C10H20N6/c1-9(8-16-6-4-3-5-7-16)11-10-12-13-14-15(10)2/h9H,3-8H2,1-2H3,(H,11,12,14). The second kappa shape index (κ2) is 5.25. The lowest BCUT2D eigenvalue weighted by Crippen LogP contribution is -2.38. The first-order valence-electron chi connectivity index (χ1n) is 5.97.